The van der Waals surface area contributed by atoms with Crippen LogP contribution in [0.15, 0.2) is 16.6 Å². The molecule has 1 aliphatic heterocycles. The van der Waals surface area contributed by atoms with E-state index in [9.17, 15) is 4.79 Å². The molecule has 4 nitrogen and oxygen atoms in total. The number of hydrogen-bond acceptors (Lipinski definition) is 3. The largest absolute Gasteiger partial charge is 0.324 e. The second-order valence-electron chi connectivity index (χ2n) is 4.30. The lowest BCUT2D eigenvalue weighted by Crippen LogP contribution is -2.46. The van der Waals surface area contributed by atoms with Crippen LogP contribution in [-0.2, 0) is 4.79 Å². The number of carbonyl (C=O) groups excluding carboxylic acids is 1. The number of benzene rings is 1. The number of nitrogens with one attached hydrogen (secondary N) is 2. The monoisotopic (exact) mass is 365 g/mol. The minimum Gasteiger partial charge on any atom is -0.324 e. The van der Waals surface area contributed by atoms with Crippen molar-refractivity contribution in [2.75, 3.05) is 38.0 Å². The summed E-state index contributed by atoms with van der Waals surface area (Å²) >= 11 is 15.4. The van der Waals surface area contributed by atoms with Crippen LogP contribution in [-0.4, -0.2) is 43.5 Å². The van der Waals surface area contributed by atoms with E-state index in [0.29, 0.717) is 26.8 Å². The summed E-state index contributed by atoms with van der Waals surface area (Å²) in [5.74, 6) is -0.0813. The molecular weight excluding hydrogens is 353 g/mol. The zero-order valence-electron chi connectivity index (χ0n) is 10.2. The molecule has 0 aromatic heterocycles. The van der Waals surface area contributed by atoms with Crippen molar-refractivity contribution in [3.8, 4) is 0 Å². The lowest BCUT2D eigenvalue weighted by atomic mass is 10.3. The Bertz CT molecular complexity index is 478. The standard InChI is InChI=1S/C12H14BrCl2N3O/c13-8-1-2-9(12(15)11(8)14)17-10(19)7-18-5-3-16-4-6-18/h1-2,16H,3-7H2,(H,17,19). The number of anilines is 1. The third kappa shape index (κ3) is 4.07. The first kappa shape index (κ1) is 15.1. The Morgan fingerprint density at radius 2 is 2.00 bits per heavy atom. The minimum atomic E-state index is -0.0813. The van der Waals surface area contributed by atoms with Gasteiger partial charge in [-0.15, -0.1) is 0 Å². The smallest absolute Gasteiger partial charge is 0.238 e. The van der Waals surface area contributed by atoms with Gasteiger partial charge in [-0.25, -0.2) is 0 Å². The molecule has 0 aliphatic carbocycles. The summed E-state index contributed by atoms with van der Waals surface area (Å²) in [6, 6.07) is 3.49. The number of hydrogen-bond donors (Lipinski definition) is 2. The van der Waals surface area contributed by atoms with Gasteiger partial charge in [-0.1, -0.05) is 23.2 Å². The number of piperazine rings is 1. The predicted octanol–water partition coefficient (Wildman–Crippen LogP) is 2.60. The van der Waals surface area contributed by atoms with Crippen LogP contribution >= 0.6 is 39.1 Å². The summed E-state index contributed by atoms with van der Waals surface area (Å²) < 4.78 is 0.708. The van der Waals surface area contributed by atoms with Crippen LogP contribution in [0.1, 0.15) is 0 Å². The van der Waals surface area contributed by atoms with E-state index < -0.39 is 0 Å². The third-order valence-electron chi connectivity index (χ3n) is 2.89. The second kappa shape index (κ2) is 6.90. The zero-order valence-corrected chi connectivity index (χ0v) is 13.3. The fourth-order valence-electron chi connectivity index (χ4n) is 1.88. The fraction of sp³-hybridized carbons (Fsp3) is 0.417. The van der Waals surface area contributed by atoms with E-state index in [0.717, 1.165) is 26.2 Å². The lowest BCUT2D eigenvalue weighted by molar-refractivity contribution is -0.117. The van der Waals surface area contributed by atoms with Gasteiger partial charge in [0.2, 0.25) is 5.91 Å². The van der Waals surface area contributed by atoms with Crippen LogP contribution in [0.4, 0.5) is 5.69 Å². The van der Waals surface area contributed by atoms with Gasteiger partial charge >= 0.3 is 0 Å². The topological polar surface area (TPSA) is 44.4 Å². The molecule has 1 aromatic carbocycles. The number of carbonyl (C=O) groups is 1. The normalized spacial score (nSPS) is 16.4. The van der Waals surface area contributed by atoms with E-state index >= 15 is 0 Å². The Morgan fingerprint density at radius 3 is 2.68 bits per heavy atom. The van der Waals surface area contributed by atoms with Crippen LogP contribution in [0.5, 0.6) is 0 Å². The Hall–Kier alpha value is -0.330. The molecule has 1 aliphatic rings. The maximum atomic E-state index is 11.9. The molecule has 1 fully saturated rings. The van der Waals surface area contributed by atoms with Gasteiger partial charge in [0, 0.05) is 30.7 Å². The minimum absolute atomic E-state index is 0.0813. The molecular formula is C12H14BrCl2N3O. The van der Waals surface area contributed by atoms with Crippen molar-refractivity contribution < 1.29 is 4.79 Å². The van der Waals surface area contributed by atoms with Gasteiger partial charge in [-0.05, 0) is 28.1 Å². The highest BCUT2D eigenvalue weighted by molar-refractivity contribution is 9.10. The first-order chi connectivity index (χ1) is 9.08. The van der Waals surface area contributed by atoms with Crippen molar-refractivity contribution in [3.63, 3.8) is 0 Å². The van der Waals surface area contributed by atoms with E-state index in [-0.39, 0.29) is 5.91 Å². The average Bonchev–Trinajstić information content (AvgIpc) is 2.41. The molecule has 1 saturated heterocycles. The Morgan fingerprint density at radius 1 is 1.32 bits per heavy atom. The second-order valence-corrected chi connectivity index (χ2v) is 5.91. The van der Waals surface area contributed by atoms with Gasteiger partial charge in [0.1, 0.15) is 0 Å². The van der Waals surface area contributed by atoms with Crippen LogP contribution < -0.4 is 10.6 Å². The van der Waals surface area contributed by atoms with Gasteiger partial charge in [0.05, 0.1) is 22.3 Å². The highest BCUT2D eigenvalue weighted by atomic mass is 79.9. The SMILES string of the molecule is O=C(CN1CCNCC1)Nc1ccc(Br)c(Cl)c1Cl. The highest BCUT2D eigenvalue weighted by Gasteiger charge is 2.15. The van der Waals surface area contributed by atoms with Crippen LogP contribution in [0.2, 0.25) is 10.0 Å². The molecule has 0 unspecified atom stereocenters. The predicted molar refractivity (Wildman–Crippen MR) is 82.1 cm³/mol. The van der Waals surface area contributed by atoms with E-state index in [1.54, 1.807) is 12.1 Å². The summed E-state index contributed by atoms with van der Waals surface area (Å²) in [6.45, 7) is 3.95. The molecule has 0 spiro atoms. The summed E-state index contributed by atoms with van der Waals surface area (Å²) in [5, 5.41) is 6.79. The van der Waals surface area contributed by atoms with Gasteiger partial charge in [-0.3, -0.25) is 9.69 Å². The fourth-order valence-corrected chi connectivity index (χ4v) is 2.71. The molecule has 2 rings (SSSR count). The molecule has 7 heteroatoms. The number of halogens is 3. The van der Waals surface area contributed by atoms with Crippen LogP contribution in [0.3, 0.4) is 0 Å². The summed E-state index contributed by atoms with van der Waals surface area (Å²) in [6.07, 6.45) is 0. The van der Waals surface area contributed by atoms with Crippen molar-refractivity contribution >= 4 is 50.7 Å². The summed E-state index contributed by atoms with van der Waals surface area (Å²) in [4.78, 5) is 14.0. The molecule has 1 aromatic rings. The van der Waals surface area contributed by atoms with Gasteiger partial charge in [0.15, 0.2) is 0 Å². The van der Waals surface area contributed by atoms with Crippen LogP contribution in [0, 0.1) is 0 Å². The van der Waals surface area contributed by atoms with E-state index in [1.165, 1.54) is 0 Å². The third-order valence-corrected chi connectivity index (χ3v) is 4.66. The first-order valence-electron chi connectivity index (χ1n) is 5.94. The van der Waals surface area contributed by atoms with Gasteiger partial charge < -0.3 is 10.6 Å². The van der Waals surface area contributed by atoms with Gasteiger partial charge in [-0.2, -0.15) is 0 Å². The highest BCUT2D eigenvalue weighted by Crippen LogP contribution is 2.35. The lowest BCUT2D eigenvalue weighted by Gasteiger charge is -2.26. The quantitative estimate of drug-likeness (QED) is 0.808. The van der Waals surface area contributed by atoms with E-state index in [4.69, 9.17) is 23.2 Å². The maximum Gasteiger partial charge on any atom is 0.238 e. The van der Waals surface area contributed by atoms with Crippen LogP contribution in [0.25, 0.3) is 0 Å². The summed E-state index contributed by atoms with van der Waals surface area (Å²) in [5.41, 5.74) is 0.537. The molecule has 104 valence electrons. The van der Waals surface area contributed by atoms with E-state index in [2.05, 4.69) is 31.5 Å². The van der Waals surface area contributed by atoms with E-state index in [1.807, 2.05) is 0 Å². The van der Waals surface area contributed by atoms with Crippen molar-refractivity contribution in [1.82, 2.24) is 10.2 Å². The molecule has 0 radical (unpaired) electrons. The first-order valence-corrected chi connectivity index (χ1v) is 7.49. The van der Waals surface area contributed by atoms with Crippen molar-refractivity contribution in [1.29, 1.82) is 0 Å². The molecule has 19 heavy (non-hydrogen) atoms. The Balaban J connectivity index is 1.97. The molecule has 0 bridgehead atoms. The molecule has 2 N–H and O–H groups in total. The van der Waals surface area contributed by atoms with Crippen molar-refractivity contribution in [3.05, 3.63) is 26.7 Å². The van der Waals surface area contributed by atoms with Gasteiger partial charge in [0.25, 0.3) is 0 Å². The molecule has 0 saturated carbocycles. The average molecular weight is 367 g/mol. The maximum absolute atomic E-state index is 11.9. The number of nitrogens with zero attached hydrogens (tertiary/aromatic N) is 1. The molecule has 0 atom stereocenters. The molecule has 1 heterocycles. The Labute approximate surface area is 130 Å². The number of rotatable bonds is 3. The summed E-state index contributed by atoms with van der Waals surface area (Å²) in [7, 11) is 0. The Kier molecular flexibility index (Phi) is 5.47. The van der Waals surface area contributed by atoms with Crippen molar-refractivity contribution in [2.45, 2.75) is 0 Å². The molecule has 1 amide bonds. The zero-order chi connectivity index (χ0) is 13.8. The van der Waals surface area contributed by atoms with Crippen molar-refractivity contribution in [2.24, 2.45) is 0 Å². The number of amides is 1.